The van der Waals surface area contributed by atoms with Crippen LogP contribution in [0.15, 0.2) is 18.2 Å². The third-order valence-corrected chi connectivity index (χ3v) is 3.05. The molecule has 2 nitrogen and oxygen atoms in total. The maximum absolute atomic E-state index is 13.3. The van der Waals surface area contributed by atoms with Crippen LogP contribution in [0.5, 0.6) is 0 Å². The van der Waals surface area contributed by atoms with Gasteiger partial charge in [-0.25, -0.2) is 4.39 Å². The van der Waals surface area contributed by atoms with Gasteiger partial charge in [-0.05, 0) is 42.9 Å². The third kappa shape index (κ3) is 2.73. The van der Waals surface area contributed by atoms with Gasteiger partial charge in [-0.15, -0.1) is 12.4 Å². The lowest BCUT2D eigenvalue weighted by Gasteiger charge is -2.19. The average molecular weight is 246 g/mol. The van der Waals surface area contributed by atoms with Crippen molar-refractivity contribution in [2.45, 2.75) is 31.9 Å². The summed E-state index contributed by atoms with van der Waals surface area (Å²) >= 11 is 0. The molecule has 1 saturated carbocycles. The molecule has 2 unspecified atom stereocenters. The molecule has 0 aromatic heterocycles. The van der Waals surface area contributed by atoms with Gasteiger partial charge < -0.3 is 10.8 Å². The zero-order valence-electron chi connectivity index (χ0n) is 9.19. The molecule has 1 aliphatic carbocycles. The molecule has 1 fully saturated rings. The van der Waals surface area contributed by atoms with Gasteiger partial charge in [-0.2, -0.15) is 0 Å². The maximum Gasteiger partial charge on any atom is 0.126 e. The molecule has 16 heavy (non-hydrogen) atoms. The van der Waals surface area contributed by atoms with Gasteiger partial charge in [-0.1, -0.05) is 12.1 Å². The Labute approximate surface area is 101 Å². The predicted octanol–water partition coefficient (Wildman–Crippen LogP) is 2.33. The van der Waals surface area contributed by atoms with Crippen molar-refractivity contribution in [1.29, 1.82) is 0 Å². The highest BCUT2D eigenvalue weighted by molar-refractivity contribution is 5.85. The quantitative estimate of drug-likeness (QED) is 0.859. The van der Waals surface area contributed by atoms with Crippen molar-refractivity contribution in [3.63, 3.8) is 0 Å². The summed E-state index contributed by atoms with van der Waals surface area (Å²) in [6.07, 6.45) is 1.53. The second-order valence-corrected chi connectivity index (χ2v) is 4.36. The highest BCUT2D eigenvalue weighted by atomic mass is 35.5. The molecule has 1 aromatic carbocycles. The van der Waals surface area contributed by atoms with Crippen molar-refractivity contribution in [3.05, 3.63) is 35.1 Å². The summed E-state index contributed by atoms with van der Waals surface area (Å²) < 4.78 is 13.3. The topological polar surface area (TPSA) is 46.2 Å². The number of halogens is 2. The molecule has 3 N–H and O–H groups in total. The molecular formula is C12H17ClFNO. The van der Waals surface area contributed by atoms with Crippen molar-refractivity contribution < 1.29 is 9.50 Å². The largest absolute Gasteiger partial charge is 0.391 e. The molecule has 2 rings (SSSR count). The summed E-state index contributed by atoms with van der Waals surface area (Å²) in [6.45, 7) is 1.71. The molecule has 0 bridgehead atoms. The van der Waals surface area contributed by atoms with E-state index in [-0.39, 0.29) is 18.2 Å². The van der Waals surface area contributed by atoms with E-state index in [0.717, 1.165) is 12.8 Å². The minimum atomic E-state index is -0.535. The molecule has 0 spiro atoms. The first-order chi connectivity index (χ1) is 7.09. The Hall–Kier alpha value is -0.640. The number of aliphatic hydroxyl groups excluding tert-OH is 1. The Kier molecular flexibility index (Phi) is 4.30. The van der Waals surface area contributed by atoms with Crippen LogP contribution in [0.1, 0.15) is 30.0 Å². The van der Waals surface area contributed by atoms with E-state index in [0.29, 0.717) is 17.0 Å². The Morgan fingerprint density at radius 3 is 2.56 bits per heavy atom. The minimum Gasteiger partial charge on any atom is -0.391 e. The van der Waals surface area contributed by atoms with Gasteiger partial charge >= 0.3 is 0 Å². The van der Waals surface area contributed by atoms with E-state index in [1.807, 2.05) is 0 Å². The number of benzene rings is 1. The normalized spacial score (nSPS) is 18.8. The summed E-state index contributed by atoms with van der Waals surface area (Å²) in [4.78, 5) is 0. The SMILES string of the molecule is Cc1ccc(C(N)C(O)C2CC2)cc1F.Cl. The minimum absolute atomic E-state index is 0. The van der Waals surface area contributed by atoms with Gasteiger partial charge in [0.2, 0.25) is 0 Å². The third-order valence-electron chi connectivity index (χ3n) is 3.05. The summed E-state index contributed by atoms with van der Waals surface area (Å²) in [5.74, 6) is 0.0512. The lowest BCUT2D eigenvalue weighted by Crippen LogP contribution is -2.27. The van der Waals surface area contributed by atoms with Gasteiger partial charge in [0.1, 0.15) is 5.82 Å². The van der Waals surface area contributed by atoms with E-state index in [1.165, 1.54) is 6.07 Å². The molecular weight excluding hydrogens is 229 g/mol. The number of aliphatic hydroxyl groups is 1. The number of hydrogen-bond acceptors (Lipinski definition) is 2. The fourth-order valence-corrected chi connectivity index (χ4v) is 1.74. The van der Waals surface area contributed by atoms with Crippen molar-refractivity contribution in [3.8, 4) is 0 Å². The monoisotopic (exact) mass is 245 g/mol. The molecule has 1 aromatic rings. The second kappa shape index (κ2) is 5.13. The number of nitrogens with two attached hydrogens (primary N) is 1. The molecule has 0 aliphatic heterocycles. The molecule has 0 saturated heterocycles. The van der Waals surface area contributed by atoms with Crippen LogP contribution in [-0.4, -0.2) is 11.2 Å². The summed E-state index contributed by atoms with van der Waals surface area (Å²) in [7, 11) is 0. The fourth-order valence-electron chi connectivity index (χ4n) is 1.74. The second-order valence-electron chi connectivity index (χ2n) is 4.36. The highest BCUT2D eigenvalue weighted by Crippen LogP contribution is 2.37. The number of aryl methyl sites for hydroxylation is 1. The van der Waals surface area contributed by atoms with Gasteiger partial charge in [0, 0.05) is 0 Å². The van der Waals surface area contributed by atoms with Gasteiger partial charge in [-0.3, -0.25) is 0 Å². The van der Waals surface area contributed by atoms with E-state index in [9.17, 15) is 9.50 Å². The molecule has 2 atom stereocenters. The van der Waals surface area contributed by atoms with Gasteiger partial charge in [0.25, 0.3) is 0 Å². The Morgan fingerprint density at radius 2 is 2.06 bits per heavy atom. The number of rotatable bonds is 3. The fraction of sp³-hybridized carbons (Fsp3) is 0.500. The molecule has 90 valence electrons. The Morgan fingerprint density at radius 1 is 1.44 bits per heavy atom. The van der Waals surface area contributed by atoms with Crippen LogP contribution in [0, 0.1) is 18.7 Å². The average Bonchev–Trinajstić information content (AvgIpc) is 3.03. The van der Waals surface area contributed by atoms with E-state index in [2.05, 4.69) is 0 Å². The molecule has 0 heterocycles. The van der Waals surface area contributed by atoms with E-state index in [4.69, 9.17) is 5.73 Å². The summed E-state index contributed by atoms with van der Waals surface area (Å²) in [5.41, 5.74) is 7.16. The Balaban J connectivity index is 0.00000128. The number of hydrogen-bond donors (Lipinski definition) is 2. The van der Waals surface area contributed by atoms with E-state index >= 15 is 0 Å². The molecule has 0 radical (unpaired) electrons. The Bertz CT molecular complexity index is 368. The smallest absolute Gasteiger partial charge is 0.126 e. The lowest BCUT2D eigenvalue weighted by molar-refractivity contribution is 0.122. The zero-order chi connectivity index (χ0) is 11.0. The molecule has 4 heteroatoms. The van der Waals surface area contributed by atoms with Crippen LogP contribution >= 0.6 is 12.4 Å². The van der Waals surface area contributed by atoms with Crippen molar-refractivity contribution >= 4 is 12.4 Å². The highest BCUT2D eigenvalue weighted by Gasteiger charge is 2.34. The van der Waals surface area contributed by atoms with Crippen molar-refractivity contribution in [2.75, 3.05) is 0 Å². The predicted molar refractivity (Wildman–Crippen MR) is 64.0 cm³/mol. The van der Waals surface area contributed by atoms with Crippen LogP contribution in [-0.2, 0) is 0 Å². The summed E-state index contributed by atoms with van der Waals surface area (Å²) in [6, 6.07) is 4.44. The van der Waals surface area contributed by atoms with Crippen LogP contribution < -0.4 is 5.73 Å². The van der Waals surface area contributed by atoms with Gasteiger partial charge in [0.05, 0.1) is 12.1 Å². The van der Waals surface area contributed by atoms with Crippen LogP contribution in [0.4, 0.5) is 4.39 Å². The van der Waals surface area contributed by atoms with Crippen molar-refractivity contribution in [2.24, 2.45) is 11.7 Å². The molecule has 1 aliphatic rings. The van der Waals surface area contributed by atoms with Crippen LogP contribution in [0.25, 0.3) is 0 Å². The van der Waals surface area contributed by atoms with Gasteiger partial charge in [0.15, 0.2) is 0 Å². The first-order valence-corrected chi connectivity index (χ1v) is 5.29. The van der Waals surface area contributed by atoms with Crippen molar-refractivity contribution in [1.82, 2.24) is 0 Å². The zero-order valence-corrected chi connectivity index (χ0v) is 10.0. The maximum atomic E-state index is 13.3. The first-order valence-electron chi connectivity index (χ1n) is 5.29. The van der Waals surface area contributed by atoms with Crippen LogP contribution in [0.3, 0.4) is 0 Å². The first kappa shape index (κ1) is 13.4. The standard InChI is InChI=1S/C12H16FNO.ClH/c1-7-2-3-9(6-10(7)13)11(14)12(15)8-4-5-8;/h2-3,6,8,11-12,15H,4-5,14H2,1H3;1H. The van der Waals surface area contributed by atoms with E-state index < -0.39 is 12.1 Å². The van der Waals surface area contributed by atoms with E-state index in [1.54, 1.807) is 19.1 Å². The summed E-state index contributed by atoms with van der Waals surface area (Å²) in [5, 5.41) is 9.82. The molecule has 0 amide bonds. The lowest BCUT2D eigenvalue weighted by atomic mass is 9.98. The van der Waals surface area contributed by atoms with Crippen LogP contribution in [0.2, 0.25) is 0 Å².